The smallest absolute Gasteiger partial charge is 0.137 e. The van der Waals surface area contributed by atoms with Gasteiger partial charge in [0, 0.05) is 0 Å². The molecule has 1 nitrogen and oxygen atoms in total. The number of aryl methyl sites for hydroxylation is 1. The van der Waals surface area contributed by atoms with Crippen molar-refractivity contribution in [1.29, 1.82) is 0 Å². The molecule has 1 saturated carbocycles. The molecule has 0 aliphatic heterocycles. The monoisotopic (exact) mass is 411 g/mol. The lowest BCUT2D eigenvalue weighted by Crippen LogP contribution is -2.07. The normalized spacial score (nSPS) is 14.8. The first kappa shape index (κ1) is 22.2. The van der Waals surface area contributed by atoms with Crippen LogP contribution in [0.25, 0.3) is 11.1 Å². The van der Waals surface area contributed by atoms with Gasteiger partial charge < -0.3 is 4.74 Å². The number of rotatable bonds is 11. The van der Waals surface area contributed by atoms with Crippen LogP contribution in [-0.4, -0.2) is 6.61 Å². The van der Waals surface area contributed by atoms with Gasteiger partial charge in [0.15, 0.2) is 0 Å². The van der Waals surface area contributed by atoms with E-state index in [0.29, 0.717) is 5.02 Å². The molecule has 1 aliphatic rings. The summed E-state index contributed by atoms with van der Waals surface area (Å²) in [5, 5.41) is 0.703. The summed E-state index contributed by atoms with van der Waals surface area (Å²) in [4.78, 5) is 0. The number of benzene rings is 2. The fourth-order valence-electron chi connectivity index (χ4n) is 4.20. The number of hydrogen-bond donors (Lipinski definition) is 0. The van der Waals surface area contributed by atoms with Crippen LogP contribution < -0.4 is 4.74 Å². The van der Waals surface area contributed by atoms with Gasteiger partial charge in [-0.3, -0.25) is 0 Å². The molecule has 0 aromatic heterocycles. The highest BCUT2D eigenvalue weighted by atomic mass is 35.5. The topological polar surface area (TPSA) is 9.23 Å². The lowest BCUT2D eigenvalue weighted by Gasteiger charge is -2.21. The van der Waals surface area contributed by atoms with Crippen molar-refractivity contribution in [1.82, 2.24) is 0 Å². The third-order valence-electron chi connectivity index (χ3n) is 6.12. The minimum atomic E-state index is 0.703. The number of halogens is 1. The van der Waals surface area contributed by atoms with Crippen LogP contribution in [0.4, 0.5) is 0 Å². The quantitative estimate of drug-likeness (QED) is 0.336. The van der Waals surface area contributed by atoms with Gasteiger partial charge in [-0.25, -0.2) is 0 Å². The molecule has 0 amide bonds. The van der Waals surface area contributed by atoms with Gasteiger partial charge in [0.25, 0.3) is 0 Å². The molecule has 3 rings (SSSR count). The van der Waals surface area contributed by atoms with E-state index in [0.717, 1.165) is 30.3 Å². The summed E-state index contributed by atoms with van der Waals surface area (Å²) >= 11 is 6.48. The first-order chi connectivity index (χ1) is 14.3. The molecule has 1 fully saturated rings. The summed E-state index contributed by atoms with van der Waals surface area (Å²) in [6, 6.07) is 15.2. The summed E-state index contributed by atoms with van der Waals surface area (Å²) in [6.07, 6.45) is 16.5. The van der Waals surface area contributed by atoms with E-state index >= 15 is 0 Å². The van der Waals surface area contributed by atoms with Crippen LogP contribution in [0.3, 0.4) is 0 Å². The molecule has 0 saturated heterocycles. The van der Waals surface area contributed by atoms with Crippen LogP contribution in [-0.2, 0) is 6.42 Å². The highest BCUT2D eigenvalue weighted by molar-refractivity contribution is 6.32. The largest absolute Gasteiger partial charge is 0.492 e. The van der Waals surface area contributed by atoms with Crippen LogP contribution in [0.2, 0.25) is 5.02 Å². The maximum absolute atomic E-state index is 6.48. The Morgan fingerprint density at radius 1 is 0.897 bits per heavy atom. The van der Waals surface area contributed by atoms with E-state index in [-0.39, 0.29) is 0 Å². The van der Waals surface area contributed by atoms with Gasteiger partial charge in [-0.1, -0.05) is 87.4 Å². The SMILES string of the molecule is CCCCCCCOc1ccc(-c2ccc(CCC3CC[CH]CC3)cc2)cc1Cl. The van der Waals surface area contributed by atoms with E-state index in [1.807, 2.05) is 12.1 Å². The second kappa shape index (κ2) is 12.3. The Bertz CT molecular complexity index is 716. The van der Waals surface area contributed by atoms with Gasteiger partial charge in [-0.15, -0.1) is 0 Å². The lowest BCUT2D eigenvalue weighted by atomic mass is 9.85. The second-order valence-electron chi connectivity index (χ2n) is 8.45. The Kier molecular flexibility index (Phi) is 9.41. The molecule has 0 heterocycles. The van der Waals surface area contributed by atoms with Crippen molar-refractivity contribution in [2.75, 3.05) is 6.61 Å². The van der Waals surface area contributed by atoms with Gasteiger partial charge in [0.1, 0.15) is 5.75 Å². The lowest BCUT2D eigenvalue weighted by molar-refractivity contribution is 0.305. The van der Waals surface area contributed by atoms with Crippen molar-refractivity contribution in [2.45, 2.75) is 77.6 Å². The van der Waals surface area contributed by atoms with E-state index in [2.05, 4.69) is 43.7 Å². The Hall–Kier alpha value is -1.47. The number of ether oxygens (including phenoxy) is 1. The highest BCUT2D eigenvalue weighted by Crippen LogP contribution is 2.31. The molecule has 29 heavy (non-hydrogen) atoms. The average Bonchev–Trinajstić information content (AvgIpc) is 2.77. The number of unbranched alkanes of at least 4 members (excludes halogenated alkanes) is 4. The summed E-state index contributed by atoms with van der Waals surface area (Å²) in [5.41, 5.74) is 3.81. The van der Waals surface area contributed by atoms with Gasteiger partial charge in [-0.2, -0.15) is 0 Å². The molecule has 0 N–H and O–H groups in total. The molecule has 157 valence electrons. The van der Waals surface area contributed by atoms with Gasteiger partial charge in [-0.05, 0) is 73.3 Å². The molecule has 2 aromatic rings. The summed E-state index contributed by atoms with van der Waals surface area (Å²) in [6.45, 7) is 2.98. The third-order valence-corrected chi connectivity index (χ3v) is 6.42. The molecule has 1 radical (unpaired) electrons. The van der Waals surface area contributed by atoms with E-state index in [9.17, 15) is 0 Å². The van der Waals surface area contributed by atoms with Crippen molar-refractivity contribution in [3.8, 4) is 16.9 Å². The van der Waals surface area contributed by atoms with Crippen LogP contribution in [0.15, 0.2) is 42.5 Å². The van der Waals surface area contributed by atoms with E-state index in [4.69, 9.17) is 16.3 Å². The fraction of sp³-hybridized carbons (Fsp3) is 0.519. The van der Waals surface area contributed by atoms with Crippen molar-refractivity contribution in [2.24, 2.45) is 5.92 Å². The Morgan fingerprint density at radius 3 is 2.34 bits per heavy atom. The Labute approximate surface area is 182 Å². The minimum absolute atomic E-state index is 0.703. The molecule has 0 unspecified atom stereocenters. The molecule has 1 aliphatic carbocycles. The molecule has 2 heteroatoms. The molecular weight excluding hydrogens is 376 g/mol. The summed E-state index contributed by atoms with van der Waals surface area (Å²) in [5.74, 6) is 1.71. The van der Waals surface area contributed by atoms with Crippen LogP contribution in [0.1, 0.15) is 76.7 Å². The zero-order valence-electron chi connectivity index (χ0n) is 18.0. The van der Waals surface area contributed by atoms with Crippen LogP contribution in [0, 0.1) is 12.3 Å². The standard InChI is InChI=1S/C27H36ClO/c1-2-3-4-5-9-20-29-27-19-18-25(21-26(27)28)24-16-14-23(15-17-24)13-12-22-10-7-6-8-11-22/h6,14-19,21-22H,2-5,7-13,20H2,1H3. The zero-order chi connectivity index (χ0) is 20.3. The second-order valence-corrected chi connectivity index (χ2v) is 8.86. The third kappa shape index (κ3) is 7.37. The average molecular weight is 412 g/mol. The molecule has 0 spiro atoms. The molecule has 0 bridgehead atoms. The predicted molar refractivity (Wildman–Crippen MR) is 126 cm³/mol. The minimum Gasteiger partial charge on any atom is -0.492 e. The van der Waals surface area contributed by atoms with Crippen LogP contribution in [0.5, 0.6) is 5.75 Å². The zero-order valence-corrected chi connectivity index (χ0v) is 18.7. The van der Waals surface area contributed by atoms with Crippen molar-refractivity contribution < 1.29 is 4.74 Å². The molecular formula is C27H36ClO. The highest BCUT2D eigenvalue weighted by Gasteiger charge is 2.13. The predicted octanol–water partition coefficient (Wildman–Crippen LogP) is 8.68. The maximum Gasteiger partial charge on any atom is 0.137 e. The van der Waals surface area contributed by atoms with E-state index in [1.54, 1.807) is 0 Å². The van der Waals surface area contributed by atoms with Gasteiger partial charge >= 0.3 is 0 Å². The van der Waals surface area contributed by atoms with E-state index < -0.39 is 0 Å². The Balaban J connectivity index is 1.48. The van der Waals surface area contributed by atoms with Crippen LogP contribution >= 0.6 is 11.6 Å². The number of hydrogen-bond acceptors (Lipinski definition) is 1. The van der Waals surface area contributed by atoms with Crippen molar-refractivity contribution >= 4 is 11.6 Å². The summed E-state index contributed by atoms with van der Waals surface area (Å²) in [7, 11) is 0. The van der Waals surface area contributed by atoms with Gasteiger partial charge in [0.2, 0.25) is 0 Å². The maximum atomic E-state index is 6.48. The first-order valence-corrected chi connectivity index (χ1v) is 12.0. The Morgan fingerprint density at radius 2 is 1.62 bits per heavy atom. The van der Waals surface area contributed by atoms with E-state index in [1.165, 1.54) is 75.3 Å². The van der Waals surface area contributed by atoms with Crippen molar-refractivity contribution in [3.05, 3.63) is 59.5 Å². The fourth-order valence-corrected chi connectivity index (χ4v) is 4.44. The first-order valence-electron chi connectivity index (χ1n) is 11.6. The molecule has 0 atom stereocenters. The summed E-state index contributed by atoms with van der Waals surface area (Å²) < 4.78 is 5.88. The van der Waals surface area contributed by atoms with Gasteiger partial charge in [0.05, 0.1) is 11.6 Å². The molecule has 2 aromatic carbocycles. The van der Waals surface area contributed by atoms with Crippen molar-refractivity contribution in [3.63, 3.8) is 0 Å².